The van der Waals surface area contributed by atoms with Gasteiger partial charge in [0.05, 0.1) is 5.69 Å². The summed E-state index contributed by atoms with van der Waals surface area (Å²) in [6.07, 6.45) is 3.64. The molecule has 0 saturated carbocycles. The highest BCUT2D eigenvalue weighted by atomic mass is 16.2. The summed E-state index contributed by atoms with van der Waals surface area (Å²) in [6.45, 7) is 3.20. The molecule has 0 bridgehead atoms. The Kier molecular flexibility index (Phi) is 5.64. The quantitative estimate of drug-likeness (QED) is 0.823. The van der Waals surface area contributed by atoms with Gasteiger partial charge < -0.3 is 4.90 Å². The SMILES string of the molecule is CCCC(=O)C(=O)N1CCC(c2cc(Cc3ccccc3)[nH]n2)CC1. The van der Waals surface area contributed by atoms with E-state index in [1.807, 2.05) is 25.1 Å². The number of hydrogen-bond donors (Lipinski definition) is 1. The van der Waals surface area contributed by atoms with Crippen LogP contribution in [0, 0.1) is 0 Å². The molecular weight excluding hydrogens is 314 g/mol. The number of carbonyl (C=O) groups excluding carboxylic acids is 2. The standard InChI is InChI=1S/C20H25N3O2/c1-2-6-19(24)20(25)23-11-9-16(10-12-23)18-14-17(21-22-18)13-15-7-4-3-5-8-15/h3-5,7-8,14,16H,2,6,9-13H2,1H3,(H,21,22). The number of aromatic amines is 1. The summed E-state index contributed by atoms with van der Waals surface area (Å²) in [5.41, 5.74) is 3.43. The fraction of sp³-hybridized carbons (Fsp3) is 0.450. The molecular formula is C20H25N3O2. The average Bonchev–Trinajstić information content (AvgIpc) is 3.11. The van der Waals surface area contributed by atoms with E-state index in [9.17, 15) is 9.59 Å². The Morgan fingerprint density at radius 3 is 2.60 bits per heavy atom. The van der Waals surface area contributed by atoms with Crippen molar-refractivity contribution in [2.45, 2.75) is 44.9 Å². The van der Waals surface area contributed by atoms with Gasteiger partial charge in [-0.15, -0.1) is 0 Å². The van der Waals surface area contributed by atoms with Crippen LogP contribution in [0.4, 0.5) is 0 Å². The summed E-state index contributed by atoms with van der Waals surface area (Å²) in [4.78, 5) is 25.6. The topological polar surface area (TPSA) is 66.1 Å². The molecule has 0 atom stereocenters. The van der Waals surface area contributed by atoms with E-state index in [1.165, 1.54) is 5.56 Å². The van der Waals surface area contributed by atoms with E-state index in [0.29, 0.717) is 25.4 Å². The maximum absolute atomic E-state index is 12.1. The van der Waals surface area contributed by atoms with E-state index in [1.54, 1.807) is 4.90 Å². The summed E-state index contributed by atoms with van der Waals surface area (Å²) in [5, 5.41) is 7.61. The van der Waals surface area contributed by atoms with Crippen molar-refractivity contribution < 1.29 is 9.59 Å². The number of aromatic nitrogens is 2. The zero-order valence-corrected chi connectivity index (χ0v) is 14.7. The molecule has 1 aromatic heterocycles. The number of ketones is 1. The lowest BCUT2D eigenvalue weighted by Crippen LogP contribution is -2.41. The Balaban J connectivity index is 1.55. The molecule has 1 fully saturated rings. The number of benzene rings is 1. The van der Waals surface area contributed by atoms with Gasteiger partial charge in [-0.1, -0.05) is 37.3 Å². The molecule has 0 spiro atoms. The number of hydrogen-bond acceptors (Lipinski definition) is 3. The average molecular weight is 339 g/mol. The first kappa shape index (κ1) is 17.4. The second-order valence-corrected chi connectivity index (χ2v) is 6.72. The fourth-order valence-corrected chi connectivity index (χ4v) is 3.38. The monoisotopic (exact) mass is 339 g/mol. The Morgan fingerprint density at radius 2 is 1.92 bits per heavy atom. The van der Waals surface area contributed by atoms with Crippen molar-refractivity contribution >= 4 is 11.7 Å². The van der Waals surface area contributed by atoms with Crippen LogP contribution in [0.1, 0.15) is 55.5 Å². The van der Waals surface area contributed by atoms with Crippen LogP contribution in [0.3, 0.4) is 0 Å². The molecule has 0 unspecified atom stereocenters. The van der Waals surface area contributed by atoms with Gasteiger partial charge >= 0.3 is 0 Å². The summed E-state index contributed by atoms with van der Waals surface area (Å²) >= 11 is 0. The molecule has 2 heterocycles. The van der Waals surface area contributed by atoms with Crippen molar-refractivity contribution in [2.24, 2.45) is 0 Å². The van der Waals surface area contributed by atoms with Crippen LogP contribution in [0.15, 0.2) is 36.4 Å². The molecule has 1 amide bonds. The van der Waals surface area contributed by atoms with E-state index in [4.69, 9.17) is 0 Å². The Labute approximate surface area is 148 Å². The predicted molar refractivity (Wildman–Crippen MR) is 96.3 cm³/mol. The second-order valence-electron chi connectivity index (χ2n) is 6.72. The lowest BCUT2D eigenvalue weighted by atomic mass is 9.93. The van der Waals surface area contributed by atoms with Crippen LogP contribution >= 0.6 is 0 Å². The van der Waals surface area contributed by atoms with E-state index in [2.05, 4.69) is 28.4 Å². The van der Waals surface area contributed by atoms with Crippen molar-refractivity contribution in [3.63, 3.8) is 0 Å². The van der Waals surface area contributed by atoms with Crippen LogP contribution in [-0.2, 0) is 16.0 Å². The van der Waals surface area contributed by atoms with Gasteiger partial charge in [-0.3, -0.25) is 14.7 Å². The number of rotatable bonds is 6. The molecule has 2 aromatic rings. The maximum atomic E-state index is 12.1. The van der Waals surface area contributed by atoms with Crippen molar-refractivity contribution in [1.29, 1.82) is 0 Å². The summed E-state index contributed by atoms with van der Waals surface area (Å²) < 4.78 is 0. The van der Waals surface area contributed by atoms with Gasteiger partial charge in [0.2, 0.25) is 5.78 Å². The summed E-state index contributed by atoms with van der Waals surface area (Å²) in [6, 6.07) is 12.5. The van der Waals surface area contributed by atoms with E-state index in [-0.39, 0.29) is 11.7 Å². The molecule has 1 aliphatic rings. The second kappa shape index (κ2) is 8.10. The molecule has 0 radical (unpaired) electrons. The van der Waals surface area contributed by atoms with Gasteiger partial charge in [0.15, 0.2) is 0 Å². The minimum Gasteiger partial charge on any atom is -0.336 e. The van der Waals surface area contributed by atoms with Gasteiger partial charge in [-0.2, -0.15) is 5.10 Å². The minimum atomic E-state index is -0.313. The third-order valence-electron chi connectivity index (χ3n) is 4.80. The van der Waals surface area contributed by atoms with Crippen LogP contribution in [0.25, 0.3) is 0 Å². The van der Waals surface area contributed by atoms with Crippen LogP contribution in [0.5, 0.6) is 0 Å². The number of amides is 1. The van der Waals surface area contributed by atoms with Gasteiger partial charge in [-0.25, -0.2) is 0 Å². The lowest BCUT2D eigenvalue weighted by Gasteiger charge is -2.30. The number of carbonyl (C=O) groups is 2. The molecule has 132 valence electrons. The van der Waals surface area contributed by atoms with E-state index in [0.717, 1.165) is 37.1 Å². The van der Waals surface area contributed by atoms with E-state index < -0.39 is 0 Å². The molecule has 5 nitrogen and oxygen atoms in total. The Hall–Kier alpha value is -2.43. The number of Topliss-reactive ketones (excluding diaryl/α,β-unsaturated/α-hetero) is 1. The molecule has 5 heteroatoms. The number of nitrogens with zero attached hydrogens (tertiary/aromatic N) is 2. The molecule has 3 rings (SSSR count). The normalized spacial score (nSPS) is 15.3. The van der Waals surface area contributed by atoms with Crippen LogP contribution in [0.2, 0.25) is 0 Å². The Bertz CT molecular complexity index is 716. The predicted octanol–water partition coefficient (Wildman–Crippen LogP) is 3.08. The van der Waals surface area contributed by atoms with Crippen molar-refractivity contribution in [3.8, 4) is 0 Å². The first-order valence-corrected chi connectivity index (χ1v) is 9.07. The molecule has 0 aliphatic carbocycles. The zero-order valence-electron chi connectivity index (χ0n) is 14.7. The first-order chi connectivity index (χ1) is 12.2. The number of H-pyrrole nitrogens is 1. The molecule has 1 aliphatic heterocycles. The van der Waals surface area contributed by atoms with Crippen molar-refractivity contribution in [2.75, 3.05) is 13.1 Å². The fourth-order valence-electron chi connectivity index (χ4n) is 3.38. The van der Waals surface area contributed by atoms with Crippen molar-refractivity contribution in [1.82, 2.24) is 15.1 Å². The highest BCUT2D eigenvalue weighted by Crippen LogP contribution is 2.27. The number of piperidine rings is 1. The number of nitrogens with one attached hydrogen (secondary N) is 1. The first-order valence-electron chi connectivity index (χ1n) is 9.07. The Morgan fingerprint density at radius 1 is 1.20 bits per heavy atom. The summed E-state index contributed by atoms with van der Waals surface area (Å²) in [5.74, 6) is -0.218. The largest absolute Gasteiger partial charge is 0.336 e. The number of likely N-dealkylation sites (tertiary alicyclic amines) is 1. The lowest BCUT2D eigenvalue weighted by molar-refractivity contribution is -0.145. The minimum absolute atomic E-state index is 0.258. The van der Waals surface area contributed by atoms with Crippen LogP contribution in [-0.4, -0.2) is 39.9 Å². The third-order valence-corrected chi connectivity index (χ3v) is 4.80. The molecule has 1 aromatic carbocycles. The molecule has 1 N–H and O–H groups in total. The van der Waals surface area contributed by atoms with Gasteiger partial charge in [-0.05, 0) is 30.9 Å². The van der Waals surface area contributed by atoms with Gasteiger partial charge in [0, 0.05) is 37.5 Å². The maximum Gasteiger partial charge on any atom is 0.289 e. The summed E-state index contributed by atoms with van der Waals surface area (Å²) in [7, 11) is 0. The zero-order chi connectivity index (χ0) is 17.6. The van der Waals surface area contributed by atoms with Crippen LogP contribution < -0.4 is 0 Å². The highest BCUT2D eigenvalue weighted by molar-refractivity contribution is 6.36. The van der Waals surface area contributed by atoms with Gasteiger partial charge in [0.25, 0.3) is 5.91 Å². The van der Waals surface area contributed by atoms with E-state index >= 15 is 0 Å². The smallest absolute Gasteiger partial charge is 0.289 e. The highest BCUT2D eigenvalue weighted by Gasteiger charge is 2.28. The third kappa shape index (κ3) is 4.35. The van der Waals surface area contributed by atoms with Gasteiger partial charge in [0.1, 0.15) is 0 Å². The van der Waals surface area contributed by atoms with Crippen molar-refractivity contribution in [3.05, 3.63) is 53.3 Å². The molecule has 1 saturated heterocycles. The molecule has 25 heavy (non-hydrogen) atoms.